The minimum absolute atomic E-state index is 0.405. The van der Waals surface area contributed by atoms with Gasteiger partial charge in [0.1, 0.15) is 5.78 Å². The van der Waals surface area contributed by atoms with Crippen molar-refractivity contribution in [2.45, 2.75) is 105 Å². The van der Waals surface area contributed by atoms with Crippen molar-refractivity contribution in [2.75, 3.05) is 0 Å². The van der Waals surface area contributed by atoms with Crippen molar-refractivity contribution >= 4 is 5.78 Å². The van der Waals surface area contributed by atoms with Crippen molar-refractivity contribution in [3.63, 3.8) is 0 Å². The Morgan fingerprint density at radius 2 is 1.77 bits per heavy atom. The van der Waals surface area contributed by atoms with Crippen molar-refractivity contribution in [1.29, 1.82) is 0 Å². The predicted molar refractivity (Wildman–Crippen MR) is 97.1 cm³/mol. The Kier molecular flexibility index (Phi) is 10.1. The Morgan fingerprint density at radius 3 is 2.45 bits per heavy atom. The van der Waals surface area contributed by atoms with Crippen LogP contribution in [-0.2, 0) is 4.79 Å². The Labute approximate surface area is 139 Å². The fourth-order valence-corrected chi connectivity index (χ4v) is 4.07. The summed E-state index contributed by atoms with van der Waals surface area (Å²) in [5.74, 6) is 3.53. The quantitative estimate of drug-likeness (QED) is 0.410. The van der Waals surface area contributed by atoms with Crippen LogP contribution in [0.15, 0.2) is 0 Å². The molecule has 130 valence electrons. The molecule has 3 unspecified atom stereocenters. The molecule has 1 saturated carbocycles. The van der Waals surface area contributed by atoms with Crippen LogP contribution in [0.2, 0.25) is 0 Å². The van der Waals surface area contributed by atoms with Crippen molar-refractivity contribution in [3.8, 4) is 0 Å². The van der Waals surface area contributed by atoms with E-state index in [0.29, 0.717) is 11.7 Å². The predicted octanol–water partition coefficient (Wildman–Crippen LogP) is 6.79. The van der Waals surface area contributed by atoms with E-state index in [1.54, 1.807) is 0 Å². The van der Waals surface area contributed by atoms with Gasteiger partial charge in [-0.1, -0.05) is 79.1 Å². The average molecular weight is 309 g/mol. The topological polar surface area (TPSA) is 17.1 Å². The molecule has 0 bridgehead atoms. The highest BCUT2D eigenvalue weighted by Gasteiger charge is 2.26. The van der Waals surface area contributed by atoms with Gasteiger partial charge in [-0.3, -0.25) is 4.79 Å². The van der Waals surface area contributed by atoms with Gasteiger partial charge in [0.05, 0.1) is 0 Å². The van der Waals surface area contributed by atoms with Crippen LogP contribution in [0.5, 0.6) is 0 Å². The lowest BCUT2D eigenvalue weighted by molar-refractivity contribution is -0.124. The molecule has 0 radical (unpaired) electrons. The van der Waals surface area contributed by atoms with Crippen LogP contribution in [-0.4, -0.2) is 5.78 Å². The standard InChI is InChI=1S/C21H40O/c1-5-9-21(22)20-15-8-14-19(16-20)13-7-12-18(4)11-6-10-17(2)3/h17-20H,5-16H2,1-4H3. The molecule has 0 spiro atoms. The summed E-state index contributed by atoms with van der Waals surface area (Å²) < 4.78 is 0. The summed E-state index contributed by atoms with van der Waals surface area (Å²) in [5, 5.41) is 0. The largest absolute Gasteiger partial charge is 0.299 e. The molecule has 0 amide bonds. The van der Waals surface area contributed by atoms with Gasteiger partial charge in [0, 0.05) is 12.3 Å². The molecular weight excluding hydrogens is 268 g/mol. The van der Waals surface area contributed by atoms with E-state index in [2.05, 4.69) is 27.7 Å². The molecule has 0 aromatic carbocycles. The Morgan fingerprint density at radius 1 is 1.05 bits per heavy atom. The minimum atomic E-state index is 0.405. The summed E-state index contributed by atoms with van der Waals surface area (Å²) in [5.41, 5.74) is 0. The molecule has 0 N–H and O–H groups in total. The second kappa shape index (κ2) is 11.2. The highest BCUT2D eigenvalue weighted by molar-refractivity contribution is 5.80. The molecule has 3 atom stereocenters. The molecular formula is C21H40O. The lowest BCUT2D eigenvalue weighted by atomic mass is 9.76. The molecule has 1 aliphatic carbocycles. The smallest absolute Gasteiger partial charge is 0.135 e. The normalized spacial score (nSPS) is 23.7. The minimum Gasteiger partial charge on any atom is -0.299 e. The van der Waals surface area contributed by atoms with Gasteiger partial charge >= 0.3 is 0 Å². The molecule has 0 heterocycles. The van der Waals surface area contributed by atoms with E-state index in [0.717, 1.165) is 30.6 Å². The lowest BCUT2D eigenvalue weighted by Crippen LogP contribution is -2.22. The van der Waals surface area contributed by atoms with Crippen LogP contribution in [0.1, 0.15) is 105 Å². The van der Waals surface area contributed by atoms with Gasteiger partial charge in [-0.15, -0.1) is 0 Å². The van der Waals surface area contributed by atoms with Gasteiger partial charge in [0.15, 0.2) is 0 Å². The van der Waals surface area contributed by atoms with Crippen LogP contribution >= 0.6 is 0 Å². The molecule has 0 aliphatic heterocycles. The van der Waals surface area contributed by atoms with E-state index in [9.17, 15) is 4.79 Å². The van der Waals surface area contributed by atoms with Gasteiger partial charge < -0.3 is 0 Å². The zero-order valence-corrected chi connectivity index (χ0v) is 15.7. The fraction of sp³-hybridized carbons (Fsp3) is 0.952. The van der Waals surface area contributed by atoms with Gasteiger partial charge in [-0.25, -0.2) is 0 Å². The fourth-order valence-electron chi connectivity index (χ4n) is 4.07. The van der Waals surface area contributed by atoms with Gasteiger partial charge in [0.2, 0.25) is 0 Å². The number of ketones is 1. The third-order valence-electron chi connectivity index (χ3n) is 5.52. The van der Waals surface area contributed by atoms with Crippen LogP contribution in [0.3, 0.4) is 0 Å². The average Bonchev–Trinajstić information content (AvgIpc) is 2.47. The summed E-state index contributed by atoms with van der Waals surface area (Å²) in [6.45, 7) is 9.20. The van der Waals surface area contributed by atoms with Gasteiger partial charge in [-0.2, -0.15) is 0 Å². The number of hydrogen-bond acceptors (Lipinski definition) is 1. The van der Waals surface area contributed by atoms with E-state index in [1.807, 2.05) is 0 Å². The van der Waals surface area contributed by atoms with Crippen molar-refractivity contribution < 1.29 is 4.79 Å². The maximum absolute atomic E-state index is 12.1. The van der Waals surface area contributed by atoms with E-state index < -0.39 is 0 Å². The zero-order chi connectivity index (χ0) is 16.4. The van der Waals surface area contributed by atoms with E-state index in [4.69, 9.17) is 0 Å². The molecule has 0 aromatic rings. The van der Waals surface area contributed by atoms with Crippen LogP contribution in [0.25, 0.3) is 0 Å². The molecule has 0 saturated heterocycles. The van der Waals surface area contributed by atoms with Crippen LogP contribution in [0, 0.1) is 23.7 Å². The molecule has 0 aromatic heterocycles. The Hall–Kier alpha value is -0.330. The maximum Gasteiger partial charge on any atom is 0.135 e. The summed E-state index contributed by atoms with van der Waals surface area (Å²) in [6, 6.07) is 0. The van der Waals surface area contributed by atoms with E-state index in [1.165, 1.54) is 64.2 Å². The third kappa shape index (κ3) is 8.34. The molecule has 1 fully saturated rings. The van der Waals surface area contributed by atoms with Crippen molar-refractivity contribution in [3.05, 3.63) is 0 Å². The number of carbonyl (C=O) groups excluding carboxylic acids is 1. The summed E-state index contributed by atoms with van der Waals surface area (Å²) in [7, 11) is 0. The maximum atomic E-state index is 12.1. The first-order valence-corrected chi connectivity index (χ1v) is 10.1. The van der Waals surface area contributed by atoms with E-state index >= 15 is 0 Å². The lowest BCUT2D eigenvalue weighted by Gasteiger charge is -2.28. The first kappa shape index (κ1) is 19.7. The van der Waals surface area contributed by atoms with Crippen LogP contribution in [0.4, 0.5) is 0 Å². The molecule has 1 nitrogen and oxygen atoms in total. The Balaban J connectivity index is 2.14. The van der Waals surface area contributed by atoms with Gasteiger partial charge in [0.25, 0.3) is 0 Å². The van der Waals surface area contributed by atoms with Gasteiger partial charge in [-0.05, 0) is 37.0 Å². The molecule has 1 aliphatic rings. The number of hydrogen-bond donors (Lipinski definition) is 0. The summed E-state index contributed by atoms with van der Waals surface area (Å²) in [4.78, 5) is 12.1. The zero-order valence-electron chi connectivity index (χ0n) is 15.7. The van der Waals surface area contributed by atoms with Crippen molar-refractivity contribution in [2.24, 2.45) is 23.7 Å². The second-order valence-electron chi connectivity index (χ2n) is 8.31. The van der Waals surface area contributed by atoms with Crippen LogP contribution < -0.4 is 0 Å². The number of Topliss-reactive ketones (excluding diaryl/α,β-unsaturated/α-hetero) is 1. The Bertz CT molecular complexity index is 294. The number of rotatable bonds is 11. The first-order valence-electron chi connectivity index (χ1n) is 10.1. The molecule has 22 heavy (non-hydrogen) atoms. The monoisotopic (exact) mass is 308 g/mol. The molecule has 1 rings (SSSR count). The summed E-state index contributed by atoms with van der Waals surface area (Å²) in [6.07, 6.45) is 15.2. The summed E-state index contributed by atoms with van der Waals surface area (Å²) >= 11 is 0. The number of carbonyl (C=O) groups is 1. The highest BCUT2D eigenvalue weighted by Crippen LogP contribution is 2.34. The van der Waals surface area contributed by atoms with E-state index in [-0.39, 0.29) is 0 Å². The second-order valence-corrected chi connectivity index (χ2v) is 8.31. The molecule has 1 heteroatoms. The van der Waals surface area contributed by atoms with Crippen molar-refractivity contribution in [1.82, 2.24) is 0 Å². The SMILES string of the molecule is CCCC(=O)C1CCCC(CCCC(C)CCCC(C)C)C1. The first-order chi connectivity index (χ1) is 10.5. The highest BCUT2D eigenvalue weighted by atomic mass is 16.1. The third-order valence-corrected chi connectivity index (χ3v) is 5.52.